The number of aromatic nitrogens is 2. The summed E-state index contributed by atoms with van der Waals surface area (Å²) in [5.74, 6) is -0.807. The molecule has 0 fully saturated rings. The van der Waals surface area contributed by atoms with Crippen LogP contribution in [-0.2, 0) is 10.9 Å². The van der Waals surface area contributed by atoms with E-state index in [1.165, 1.54) is 6.20 Å². The molecule has 0 unspecified atom stereocenters. The lowest BCUT2D eigenvalue weighted by Crippen LogP contribution is -2.08. The first kappa shape index (κ1) is 14.6. The Morgan fingerprint density at radius 1 is 1.53 bits per heavy atom. The van der Waals surface area contributed by atoms with Crippen LogP contribution in [0.4, 0.5) is 13.2 Å². The van der Waals surface area contributed by atoms with Crippen molar-refractivity contribution in [2.45, 2.75) is 6.18 Å². The van der Waals surface area contributed by atoms with Crippen molar-refractivity contribution in [1.82, 2.24) is 9.38 Å². The highest BCUT2D eigenvalue weighted by atomic mass is 127. The summed E-state index contributed by atoms with van der Waals surface area (Å²) in [6.07, 6.45) is -3.12. The number of hydrogen-bond donors (Lipinski definition) is 0. The zero-order valence-electron chi connectivity index (χ0n) is 9.26. The third-order valence-electron chi connectivity index (χ3n) is 2.31. The third-order valence-corrected chi connectivity index (χ3v) is 3.66. The average Bonchev–Trinajstić information content (AvgIpc) is 2.64. The van der Waals surface area contributed by atoms with E-state index < -0.39 is 17.7 Å². The van der Waals surface area contributed by atoms with Crippen LogP contribution in [-0.4, -0.2) is 22.5 Å². The summed E-state index contributed by atoms with van der Waals surface area (Å²) in [5.41, 5.74) is -1.45. The molecule has 0 saturated heterocycles. The highest BCUT2D eigenvalue weighted by molar-refractivity contribution is 14.1. The first-order valence-electron chi connectivity index (χ1n) is 4.78. The number of methoxy groups -OCH3 is 1. The molecule has 0 N–H and O–H groups in total. The maximum atomic E-state index is 12.9. The van der Waals surface area contributed by atoms with Gasteiger partial charge in [0.25, 0.3) is 0 Å². The minimum atomic E-state index is -4.55. The van der Waals surface area contributed by atoms with E-state index in [1.807, 2.05) is 0 Å². The van der Waals surface area contributed by atoms with Crippen LogP contribution in [0.15, 0.2) is 16.9 Å². The predicted octanol–water partition coefficient (Wildman–Crippen LogP) is 3.51. The van der Waals surface area contributed by atoms with Gasteiger partial charge in [-0.05, 0) is 44.6 Å². The number of ether oxygens (including phenoxy) is 1. The number of esters is 1. The Morgan fingerprint density at radius 2 is 2.16 bits per heavy atom. The average molecular weight is 449 g/mol. The van der Waals surface area contributed by atoms with Crippen molar-refractivity contribution in [2.75, 3.05) is 7.11 Å². The van der Waals surface area contributed by atoms with Gasteiger partial charge in [-0.3, -0.25) is 4.40 Å². The van der Waals surface area contributed by atoms with Gasteiger partial charge in [0.15, 0.2) is 11.3 Å². The minimum absolute atomic E-state index is 0.123. The second-order valence-corrected chi connectivity index (χ2v) is 5.50. The lowest BCUT2D eigenvalue weighted by atomic mass is 10.2. The fourth-order valence-corrected chi connectivity index (χ4v) is 2.63. The molecular formula is C10H5BrF3IN2O2. The second-order valence-electron chi connectivity index (χ2n) is 3.51. The summed E-state index contributed by atoms with van der Waals surface area (Å²) in [6.45, 7) is 0. The van der Waals surface area contributed by atoms with E-state index in [-0.39, 0.29) is 15.9 Å². The molecule has 0 aromatic carbocycles. The van der Waals surface area contributed by atoms with Crippen molar-refractivity contribution >= 4 is 50.1 Å². The highest BCUT2D eigenvalue weighted by Gasteiger charge is 2.35. The molecule has 0 bridgehead atoms. The second kappa shape index (κ2) is 4.93. The normalized spacial score (nSPS) is 11.9. The molecule has 0 aliphatic rings. The Labute approximate surface area is 127 Å². The first-order chi connectivity index (χ1) is 8.75. The number of fused-ring (bicyclic) bond motifs is 1. The maximum absolute atomic E-state index is 12.9. The Morgan fingerprint density at radius 3 is 2.68 bits per heavy atom. The van der Waals surface area contributed by atoms with Crippen LogP contribution in [0.5, 0.6) is 0 Å². The SMILES string of the molecule is COC(=O)c1nc2c(C(F)(F)F)cc(I)cn2c1Br. The molecule has 2 heterocycles. The summed E-state index contributed by atoms with van der Waals surface area (Å²) in [7, 11) is 1.13. The quantitative estimate of drug-likeness (QED) is 0.495. The molecule has 0 aliphatic carbocycles. The number of imidazole rings is 1. The van der Waals surface area contributed by atoms with Crippen LogP contribution in [0.2, 0.25) is 0 Å². The molecule has 102 valence electrons. The number of carbonyl (C=O) groups excluding carboxylic acids is 1. The van der Waals surface area contributed by atoms with E-state index in [9.17, 15) is 18.0 Å². The van der Waals surface area contributed by atoms with Crippen LogP contribution in [0, 0.1) is 3.57 Å². The van der Waals surface area contributed by atoms with Crippen LogP contribution in [0.1, 0.15) is 16.1 Å². The molecule has 0 aliphatic heterocycles. The summed E-state index contributed by atoms with van der Waals surface area (Å²) in [6, 6.07) is 0.969. The summed E-state index contributed by atoms with van der Waals surface area (Å²) in [5, 5.41) is 0. The van der Waals surface area contributed by atoms with Gasteiger partial charge in [0, 0.05) is 9.77 Å². The van der Waals surface area contributed by atoms with Gasteiger partial charge < -0.3 is 4.74 Å². The van der Waals surface area contributed by atoms with E-state index in [4.69, 9.17) is 0 Å². The molecule has 0 radical (unpaired) electrons. The highest BCUT2D eigenvalue weighted by Crippen LogP contribution is 2.35. The van der Waals surface area contributed by atoms with Gasteiger partial charge in [-0.25, -0.2) is 9.78 Å². The topological polar surface area (TPSA) is 43.6 Å². The standard InChI is InChI=1S/C10H5BrF3IN2O2/c1-19-9(18)6-7(11)17-3-4(15)2-5(8(17)16-6)10(12,13)14/h2-3H,1H3. The predicted molar refractivity (Wildman–Crippen MR) is 72.0 cm³/mol. The van der Waals surface area contributed by atoms with Crippen LogP contribution >= 0.6 is 38.5 Å². The molecule has 9 heteroatoms. The molecule has 0 spiro atoms. The van der Waals surface area contributed by atoms with Crippen molar-refractivity contribution in [3.63, 3.8) is 0 Å². The largest absolute Gasteiger partial charge is 0.464 e. The lowest BCUT2D eigenvalue weighted by Gasteiger charge is -2.08. The monoisotopic (exact) mass is 448 g/mol. The number of carbonyl (C=O) groups is 1. The molecule has 2 aromatic heterocycles. The van der Waals surface area contributed by atoms with Crippen molar-refractivity contribution in [2.24, 2.45) is 0 Å². The van der Waals surface area contributed by atoms with Gasteiger partial charge >= 0.3 is 12.1 Å². The maximum Gasteiger partial charge on any atom is 0.420 e. The molecule has 2 aromatic rings. The summed E-state index contributed by atoms with van der Waals surface area (Å²) >= 11 is 4.82. The van der Waals surface area contributed by atoms with Crippen molar-refractivity contribution < 1.29 is 22.7 Å². The van der Waals surface area contributed by atoms with Gasteiger partial charge in [-0.2, -0.15) is 13.2 Å². The van der Waals surface area contributed by atoms with Crippen molar-refractivity contribution in [3.8, 4) is 0 Å². The number of hydrogen-bond acceptors (Lipinski definition) is 3. The van der Waals surface area contributed by atoms with E-state index in [0.29, 0.717) is 3.57 Å². The van der Waals surface area contributed by atoms with Crippen LogP contribution in [0.3, 0.4) is 0 Å². The Hall–Kier alpha value is -0.840. The Bertz CT molecular complexity index is 669. The fourth-order valence-electron chi connectivity index (χ4n) is 1.52. The van der Waals surface area contributed by atoms with Crippen LogP contribution < -0.4 is 0 Å². The number of pyridine rings is 1. The molecule has 2 rings (SSSR count). The van der Waals surface area contributed by atoms with Gasteiger partial charge in [0.05, 0.1) is 12.7 Å². The summed E-state index contributed by atoms with van der Waals surface area (Å²) < 4.78 is 44.9. The molecule has 4 nitrogen and oxygen atoms in total. The molecule has 0 amide bonds. The van der Waals surface area contributed by atoms with Gasteiger partial charge in [-0.1, -0.05) is 0 Å². The zero-order chi connectivity index (χ0) is 14.4. The molecular weight excluding hydrogens is 444 g/mol. The van der Waals surface area contributed by atoms with E-state index in [2.05, 4.69) is 25.7 Å². The summed E-state index contributed by atoms with van der Waals surface area (Å²) in [4.78, 5) is 15.1. The Balaban J connectivity index is 2.83. The number of alkyl halides is 3. The molecule has 0 saturated carbocycles. The van der Waals surface area contributed by atoms with Gasteiger partial charge in [0.2, 0.25) is 0 Å². The van der Waals surface area contributed by atoms with Crippen molar-refractivity contribution in [3.05, 3.63) is 31.7 Å². The number of halogens is 5. The smallest absolute Gasteiger partial charge is 0.420 e. The van der Waals surface area contributed by atoms with Crippen LogP contribution in [0.25, 0.3) is 5.65 Å². The number of rotatable bonds is 1. The fraction of sp³-hybridized carbons (Fsp3) is 0.200. The molecule has 19 heavy (non-hydrogen) atoms. The zero-order valence-corrected chi connectivity index (χ0v) is 13.0. The van der Waals surface area contributed by atoms with Gasteiger partial charge in [-0.15, -0.1) is 0 Å². The third kappa shape index (κ3) is 2.57. The molecule has 0 atom stereocenters. The van der Waals surface area contributed by atoms with Crippen molar-refractivity contribution in [1.29, 1.82) is 0 Å². The number of nitrogens with zero attached hydrogens (tertiary/aromatic N) is 2. The first-order valence-corrected chi connectivity index (χ1v) is 6.65. The lowest BCUT2D eigenvalue weighted by molar-refractivity contribution is -0.136. The van der Waals surface area contributed by atoms with E-state index in [0.717, 1.165) is 17.6 Å². The Kier molecular flexibility index (Phi) is 3.78. The van der Waals surface area contributed by atoms with E-state index >= 15 is 0 Å². The van der Waals surface area contributed by atoms with Gasteiger partial charge in [0.1, 0.15) is 4.60 Å². The van der Waals surface area contributed by atoms with E-state index in [1.54, 1.807) is 22.6 Å². The minimum Gasteiger partial charge on any atom is -0.464 e.